The molecule has 0 saturated carbocycles. The van der Waals surface area contributed by atoms with Crippen molar-refractivity contribution in [2.45, 2.75) is 31.8 Å². The Morgan fingerprint density at radius 3 is 2.60 bits per heavy atom. The molecule has 1 amide bonds. The molecule has 2 N–H and O–H groups in total. The summed E-state index contributed by atoms with van der Waals surface area (Å²) in [7, 11) is 0. The number of hydrogen-bond donors (Lipinski definition) is 2. The van der Waals surface area contributed by atoms with Crippen LogP contribution in [0.15, 0.2) is 41.6 Å². The van der Waals surface area contributed by atoms with Gasteiger partial charge in [0.15, 0.2) is 6.04 Å². The molecule has 2 atom stereocenters. The molecule has 2 fully saturated rings. The van der Waals surface area contributed by atoms with E-state index in [0.717, 1.165) is 0 Å². The summed E-state index contributed by atoms with van der Waals surface area (Å²) in [5.74, 6) is 0.0985. The number of hydrazine groups is 1. The van der Waals surface area contributed by atoms with Crippen LogP contribution in [0.5, 0.6) is 0 Å². The third-order valence-electron chi connectivity index (χ3n) is 4.94. The highest BCUT2D eigenvalue weighted by molar-refractivity contribution is 5.74. The predicted molar refractivity (Wildman–Crippen MR) is 75.6 cm³/mol. The van der Waals surface area contributed by atoms with Crippen molar-refractivity contribution in [3.8, 4) is 0 Å². The van der Waals surface area contributed by atoms with Crippen LogP contribution in [0.4, 0.5) is 0 Å². The van der Waals surface area contributed by atoms with Gasteiger partial charge in [-0.2, -0.15) is 0 Å². The van der Waals surface area contributed by atoms with E-state index < -0.39 is 0 Å². The number of quaternary nitrogens is 1. The Hall–Kier alpha value is -1.81. The highest BCUT2D eigenvalue weighted by Crippen LogP contribution is 2.36. The highest BCUT2D eigenvalue weighted by Gasteiger charge is 2.51. The van der Waals surface area contributed by atoms with Gasteiger partial charge in [0.05, 0.1) is 18.8 Å². The molecule has 4 aliphatic rings. The minimum Gasteiger partial charge on any atom is -0.325 e. The molecule has 0 aromatic heterocycles. The molecule has 2 bridgehead atoms. The quantitative estimate of drug-likeness (QED) is 0.775. The van der Waals surface area contributed by atoms with Crippen LogP contribution in [0.2, 0.25) is 0 Å². The van der Waals surface area contributed by atoms with Crippen LogP contribution in [0.3, 0.4) is 0 Å². The number of benzene rings is 1. The first-order chi connectivity index (χ1) is 9.75. The lowest BCUT2D eigenvalue weighted by molar-refractivity contribution is -0.927. The molecule has 4 nitrogen and oxygen atoms in total. The molecular formula is C16H20N3O+. The fraction of sp³-hybridized carbons (Fsp3) is 0.438. The van der Waals surface area contributed by atoms with Crippen molar-refractivity contribution in [3.63, 3.8) is 0 Å². The van der Waals surface area contributed by atoms with Gasteiger partial charge >= 0.3 is 0 Å². The van der Waals surface area contributed by atoms with Gasteiger partial charge in [-0.25, -0.2) is 5.01 Å². The van der Waals surface area contributed by atoms with E-state index in [-0.39, 0.29) is 11.9 Å². The van der Waals surface area contributed by atoms with E-state index in [1.807, 2.05) is 11.1 Å². The zero-order chi connectivity index (χ0) is 13.7. The fourth-order valence-electron chi connectivity index (χ4n) is 4.02. The first kappa shape index (κ1) is 12.0. The van der Waals surface area contributed by atoms with E-state index in [2.05, 4.69) is 29.7 Å². The lowest BCUT2D eigenvalue weighted by Crippen LogP contribution is -3.18. The summed E-state index contributed by atoms with van der Waals surface area (Å²) in [6, 6.07) is 11.0. The molecule has 20 heavy (non-hydrogen) atoms. The summed E-state index contributed by atoms with van der Waals surface area (Å²) in [5.41, 5.74) is 7.50. The van der Waals surface area contributed by atoms with Gasteiger partial charge in [-0.3, -0.25) is 10.2 Å². The maximum atomic E-state index is 12.0. The molecule has 0 aliphatic carbocycles. The fourth-order valence-corrected chi connectivity index (χ4v) is 4.02. The summed E-state index contributed by atoms with van der Waals surface area (Å²) in [6.07, 6.45) is 2.36. The number of hydrogen-bond acceptors (Lipinski definition) is 2. The number of piperidine rings is 1. The third-order valence-corrected chi connectivity index (χ3v) is 4.94. The molecule has 4 aliphatic heterocycles. The third kappa shape index (κ3) is 1.61. The van der Waals surface area contributed by atoms with Gasteiger partial charge in [-0.05, 0) is 11.1 Å². The molecule has 4 heteroatoms. The average Bonchev–Trinajstić information content (AvgIpc) is 2.92. The van der Waals surface area contributed by atoms with Crippen LogP contribution in [-0.4, -0.2) is 30.0 Å². The Labute approximate surface area is 119 Å². The van der Waals surface area contributed by atoms with E-state index in [1.165, 1.54) is 42.8 Å². The number of rotatable bonds is 1. The molecule has 2 unspecified atom stereocenters. The summed E-state index contributed by atoms with van der Waals surface area (Å²) in [4.78, 5) is 13.7. The Morgan fingerprint density at radius 1 is 1.25 bits per heavy atom. The van der Waals surface area contributed by atoms with Crippen molar-refractivity contribution < 1.29 is 9.69 Å². The van der Waals surface area contributed by atoms with Crippen molar-refractivity contribution in [3.05, 3.63) is 47.2 Å². The Morgan fingerprint density at radius 2 is 1.95 bits per heavy atom. The van der Waals surface area contributed by atoms with Crippen molar-refractivity contribution in [1.82, 2.24) is 10.4 Å². The molecule has 0 radical (unpaired) electrons. The molecule has 1 aromatic carbocycles. The number of carbonyl (C=O) groups excluding carboxylic acids is 1. The topological polar surface area (TPSA) is 36.8 Å². The Bertz CT molecular complexity index is 571. The largest absolute Gasteiger partial charge is 0.325 e. The van der Waals surface area contributed by atoms with Crippen molar-refractivity contribution in [2.24, 2.45) is 0 Å². The second kappa shape index (κ2) is 4.35. The van der Waals surface area contributed by atoms with E-state index in [4.69, 9.17) is 0 Å². The zero-order valence-electron chi connectivity index (χ0n) is 11.7. The van der Waals surface area contributed by atoms with Crippen LogP contribution in [0.25, 0.3) is 0 Å². The zero-order valence-corrected chi connectivity index (χ0v) is 11.7. The molecule has 5 rings (SSSR count). The molecule has 1 aromatic rings. The van der Waals surface area contributed by atoms with Crippen molar-refractivity contribution in [2.75, 3.05) is 13.1 Å². The monoisotopic (exact) mass is 270 g/mol. The van der Waals surface area contributed by atoms with Crippen molar-refractivity contribution >= 4 is 5.91 Å². The SMILES string of the molecule is CC(=O)N1NC2=C3CC[NH+](CC3)C2C1c1ccccc1. The molecule has 104 valence electrons. The van der Waals surface area contributed by atoms with Gasteiger partial charge in [0.2, 0.25) is 5.91 Å². The van der Waals surface area contributed by atoms with E-state index in [0.29, 0.717) is 6.04 Å². The first-order valence-corrected chi connectivity index (χ1v) is 7.43. The van der Waals surface area contributed by atoms with Crippen LogP contribution in [-0.2, 0) is 4.79 Å². The van der Waals surface area contributed by atoms with Gasteiger partial charge in [0.25, 0.3) is 0 Å². The van der Waals surface area contributed by atoms with Gasteiger partial charge in [0.1, 0.15) is 6.04 Å². The lowest BCUT2D eigenvalue weighted by atomic mass is 9.86. The number of amides is 1. The van der Waals surface area contributed by atoms with E-state index in [1.54, 1.807) is 11.8 Å². The van der Waals surface area contributed by atoms with E-state index in [9.17, 15) is 4.79 Å². The molecular weight excluding hydrogens is 250 g/mol. The molecule has 4 heterocycles. The minimum atomic E-state index is 0.0985. The number of carbonyl (C=O) groups is 1. The second-order valence-corrected chi connectivity index (χ2v) is 6.01. The summed E-state index contributed by atoms with van der Waals surface area (Å²) < 4.78 is 0. The number of nitrogens with one attached hydrogen (secondary N) is 2. The van der Waals surface area contributed by atoms with Crippen LogP contribution in [0, 0.1) is 0 Å². The van der Waals surface area contributed by atoms with E-state index >= 15 is 0 Å². The minimum absolute atomic E-state index is 0.0985. The summed E-state index contributed by atoms with van der Waals surface area (Å²) >= 11 is 0. The smallest absolute Gasteiger partial charge is 0.238 e. The van der Waals surface area contributed by atoms with Crippen LogP contribution < -0.4 is 10.3 Å². The van der Waals surface area contributed by atoms with Gasteiger partial charge in [-0.1, -0.05) is 30.3 Å². The maximum Gasteiger partial charge on any atom is 0.238 e. The standard InChI is InChI=1S/C16H19N3O/c1-11(20)19-15(13-5-3-2-4-6-13)16-14(17-19)12-7-9-18(16)10-8-12/h2-6,15-17H,7-10H2,1H3/p+1. The summed E-state index contributed by atoms with van der Waals surface area (Å²) in [5, 5.41) is 1.84. The number of fused-ring (bicyclic) bond motifs is 2. The maximum absolute atomic E-state index is 12.0. The van der Waals surface area contributed by atoms with Crippen LogP contribution in [0.1, 0.15) is 31.4 Å². The molecule has 0 spiro atoms. The van der Waals surface area contributed by atoms with Gasteiger partial charge in [-0.15, -0.1) is 0 Å². The Kier molecular flexibility index (Phi) is 2.60. The normalized spacial score (nSPS) is 31.2. The van der Waals surface area contributed by atoms with Crippen molar-refractivity contribution in [1.29, 1.82) is 0 Å². The first-order valence-electron chi connectivity index (χ1n) is 7.43. The Balaban J connectivity index is 1.82. The molecule has 2 saturated heterocycles. The lowest BCUT2D eigenvalue weighted by Gasteiger charge is -2.38. The van der Waals surface area contributed by atoms with Crippen LogP contribution >= 0.6 is 0 Å². The second-order valence-electron chi connectivity index (χ2n) is 6.01. The van der Waals surface area contributed by atoms with Gasteiger partial charge < -0.3 is 4.90 Å². The summed E-state index contributed by atoms with van der Waals surface area (Å²) in [6.45, 7) is 4.07. The average molecular weight is 270 g/mol. The predicted octanol–water partition coefficient (Wildman–Crippen LogP) is 0.409. The number of nitrogens with zero attached hydrogens (tertiary/aromatic N) is 1. The highest BCUT2D eigenvalue weighted by atomic mass is 16.2. The van der Waals surface area contributed by atoms with Gasteiger partial charge in [0, 0.05) is 19.8 Å².